The normalized spacial score (nSPS) is 28.1. The summed E-state index contributed by atoms with van der Waals surface area (Å²) >= 11 is 0. The first-order valence-corrected chi connectivity index (χ1v) is 4.12. The van der Waals surface area contributed by atoms with E-state index in [1.807, 2.05) is 29.1 Å². The molecule has 0 saturated carbocycles. The van der Waals surface area contributed by atoms with E-state index in [-0.39, 0.29) is 6.10 Å². The summed E-state index contributed by atoms with van der Waals surface area (Å²) in [6, 6.07) is 3.93. The topological polar surface area (TPSA) is 58.6 Å². The largest absolute Gasteiger partial charge is 0.352 e. The van der Waals surface area contributed by atoms with Gasteiger partial charge in [0.1, 0.15) is 6.10 Å². The van der Waals surface area contributed by atoms with Crippen LogP contribution >= 0.6 is 0 Å². The second kappa shape index (κ2) is 3.89. The van der Waals surface area contributed by atoms with Gasteiger partial charge in [0.15, 0.2) is 0 Å². The molecule has 1 saturated heterocycles. The standard InChI is InChI=1S/C8H12N2O3/c9-13-8-11-6-7(12-8)5-10-3-1-2-4-10/h1-4,7-8H,5-6,9H2. The second-order valence-electron chi connectivity index (χ2n) is 2.90. The Morgan fingerprint density at radius 2 is 2.23 bits per heavy atom. The molecule has 0 radical (unpaired) electrons. The minimum absolute atomic E-state index is 0.0148. The maximum Gasteiger partial charge on any atom is 0.288 e. The minimum Gasteiger partial charge on any atom is -0.352 e. The summed E-state index contributed by atoms with van der Waals surface area (Å²) in [5.74, 6) is 4.91. The van der Waals surface area contributed by atoms with Crippen LogP contribution in [-0.4, -0.2) is 23.8 Å². The van der Waals surface area contributed by atoms with Gasteiger partial charge in [-0.05, 0) is 12.1 Å². The highest BCUT2D eigenvalue weighted by atomic mass is 16.9. The van der Waals surface area contributed by atoms with E-state index < -0.39 is 6.48 Å². The first-order valence-electron chi connectivity index (χ1n) is 4.12. The van der Waals surface area contributed by atoms with Gasteiger partial charge in [-0.25, -0.2) is 10.7 Å². The minimum atomic E-state index is -0.708. The van der Waals surface area contributed by atoms with E-state index in [1.54, 1.807) is 0 Å². The molecule has 2 heterocycles. The number of nitrogens with zero attached hydrogens (tertiary/aromatic N) is 1. The van der Waals surface area contributed by atoms with Crippen molar-refractivity contribution >= 4 is 0 Å². The van der Waals surface area contributed by atoms with Gasteiger partial charge in [0, 0.05) is 12.4 Å². The maximum absolute atomic E-state index is 5.29. The van der Waals surface area contributed by atoms with Gasteiger partial charge in [-0.2, -0.15) is 0 Å². The zero-order chi connectivity index (χ0) is 9.10. The average Bonchev–Trinajstić information content (AvgIpc) is 2.76. The van der Waals surface area contributed by atoms with Gasteiger partial charge in [0.05, 0.1) is 13.2 Å². The molecule has 0 aromatic carbocycles. The number of nitrogens with two attached hydrogens (primary N) is 1. The highest BCUT2D eigenvalue weighted by molar-refractivity contribution is 4.90. The zero-order valence-electron chi connectivity index (χ0n) is 7.13. The highest BCUT2D eigenvalue weighted by Gasteiger charge is 2.26. The van der Waals surface area contributed by atoms with Gasteiger partial charge in [-0.3, -0.25) is 0 Å². The van der Waals surface area contributed by atoms with Crippen molar-refractivity contribution in [1.29, 1.82) is 0 Å². The molecule has 5 heteroatoms. The number of ether oxygens (including phenoxy) is 2. The summed E-state index contributed by atoms with van der Waals surface area (Å²) in [6.07, 6.45) is 3.96. The van der Waals surface area contributed by atoms with E-state index in [1.165, 1.54) is 0 Å². The van der Waals surface area contributed by atoms with Gasteiger partial charge in [0.25, 0.3) is 6.48 Å². The number of aromatic nitrogens is 1. The Labute approximate surface area is 75.9 Å². The van der Waals surface area contributed by atoms with Gasteiger partial charge >= 0.3 is 0 Å². The van der Waals surface area contributed by atoms with E-state index in [2.05, 4.69) is 4.84 Å². The molecule has 0 aliphatic carbocycles. The van der Waals surface area contributed by atoms with E-state index in [0.717, 1.165) is 6.54 Å². The molecule has 2 unspecified atom stereocenters. The Morgan fingerprint density at radius 1 is 1.46 bits per heavy atom. The summed E-state index contributed by atoms with van der Waals surface area (Å²) in [7, 11) is 0. The Hall–Kier alpha value is -0.880. The summed E-state index contributed by atoms with van der Waals surface area (Å²) in [5.41, 5.74) is 0. The van der Waals surface area contributed by atoms with Crippen LogP contribution in [0.1, 0.15) is 0 Å². The van der Waals surface area contributed by atoms with Crippen LogP contribution in [0, 0.1) is 0 Å². The molecule has 2 atom stereocenters. The molecule has 72 valence electrons. The van der Waals surface area contributed by atoms with Crippen LogP contribution in [0.25, 0.3) is 0 Å². The fourth-order valence-corrected chi connectivity index (χ4v) is 1.32. The predicted molar refractivity (Wildman–Crippen MR) is 44.3 cm³/mol. The molecule has 0 bridgehead atoms. The Morgan fingerprint density at radius 3 is 2.85 bits per heavy atom. The van der Waals surface area contributed by atoms with E-state index >= 15 is 0 Å². The summed E-state index contributed by atoms with van der Waals surface area (Å²) < 4.78 is 12.4. The van der Waals surface area contributed by atoms with Crippen molar-refractivity contribution in [2.75, 3.05) is 6.61 Å². The Bertz CT molecular complexity index is 250. The number of rotatable bonds is 3. The summed E-state index contributed by atoms with van der Waals surface area (Å²) in [6.45, 7) is 0.563. The van der Waals surface area contributed by atoms with Crippen molar-refractivity contribution in [3.05, 3.63) is 24.5 Å². The predicted octanol–water partition coefficient (Wildman–Crippen LogP) is 0.0774. The molecule has 1 aliphatic heterocycles. The molecule has 2 rings (SSSR count). The lowest BCUT2D eigenvalue weighted by molar-refractivity contribution is -0.240. The van der Waals surface area contributed by atoms with Crippen LogP contribution in [0.3, 0.4) is 0 Å². The molecular weight excluding hydrogens is 172 g/mol. The first-order chi connectivity index (χ1) is 6.38. The summed E-state index contributed by atoms with van der Waals surface area (Å²) in [4.78, 5) is 4.41. The van der Waals surface area contributed by atoms with Crippen molar-refractivity contribution in [3.63, 3.8) is 0 Å². The lowest BCUT2D eigenvalue weighted by atomic mass is 10.4. The highest BCUT2D eigenvalue weighted by Crippen LogP contribution is 2.12. The van der Waals surface area contributed by atoms with E-state index in [4.69, 9.17) is 15.4 Å². The third-order valence-corrected chi connectivity index (χ3v) is 1.91. The zero-order valence-corrected chi connectivity index (χ0v) is 7.13. The van der Waals surface area contributed by atoms with Gasteiger partial charge < -0.3 is 14.0 Å². The lowest BCUT2D eigenvalue weighted by Gasteiger charge is -2.09. The Balaban J connectivity index is 1.84. The van der Waals surface area contributed by atoms with Crippen molar-refractivity contribution < 1.29 is 14.3 Å². The maximum atomic E-state index is 5.29. The SMILES string of the molecule is NOC1OCC(Cn2cccc2)O1. The van der Waals surface area contributed by atoms with Gasteiger partial charge in [-0.1, -0.05) is 0 Å². The van der Waals surface area contributed by atoms with Crippen LogP contribution in [0.4, 0.5) is 0 Å². The lowest BCUT2D eigenvalue weighted by Crippen LogP contribution is -2.21. The molecule has 13 heavy (non-hydrogen) atoms. The van der Waals surface area contributed by atoms with E-state index in [0.29, 0.717) is 6.61 Å². The number of hydrogen-bond acceptors (Lipinski definition) is 4. The van der Waals surface area contributed by atoms with Crippen molar-refractivity contribution in [3.8, 4) is 0 Å². The van der Waals surface area contributed by atoms with Crippen molar-refractivity contribution in [1.82, 2.24) is 4.57 Å². The van der Waals surface area contributed by atoms with E-state index in [9.17, 15) is 0 Å². The molecule has 1 aromatic rings. The Kier molecular flexibility index (Phi) is 2.60. The molecular formula is C8H12N2O3. The van der Waals surface area contributed by atoms with Crippen LogP contribution in [0.15, 0.2) is 24.5 Å². The smallest absolute Gasteiger partial charge is 0.288 e. The van der Waals surface area contributed by atoms with Crippen molar-refractivity contribution in [2.45, 2.75) is 19.1 Å². The third-order valence-electron chi connectivity index (χ3n) is 1.91. The van der Waals surface area contributed by atoms with Crippen LogP contribution in [0.2, 0.25) is 0 Å². The van der Waals surface area contributed by atoms with Crippen LogP contribution < -0.4 is 5.90 Å². The van der Waals surface area contributed by atoms with Crippen LogP contribution in [0.5, 0.6) is 0 Å². The third kappa shape index (κ3) is 2.07. The monoisotopic (exact) mass is 184 g/mol. The van der Waals surface area contributed by atoms with Gasteiger partial charge in [0.2, 0.25) is 0 Å². The quantitative estimate of drug-likeness (QED) is 0.676. The van der Waals surface area contributed by atoms with Gasteiger partial charge in [-0.15, -0.1) is 0 Å². The van der Waals surface area contributed by atoms with Crippen LogP contribution in [-0.2, 0) is 20.9 Å². The molecule has 0 spiro atoms. The van der Waals surface area contributed by atoms with Crippen molar-refractivity contribution in [2.24, 2.45) is 5.90 Å². The molecule has 1 aliphatic rings. The molecule has 5 nitrogen and oxygen atoms in total. The average molecular weight is 184 g/mol. The first kappa shape index (κ1) is 8.71. The number of hydrogen-bond donors (Lipinski definition) is 1. The summed E-state index contributed by atoms with van der Waals surface area (Å²) in [5, 5.41) is 0. The fourth-order valence-electron chi connectivity index (χ4n) is 1.32. The molecule has 1 aromatic heterocycles. The fraction of sp³-hybridized carbons (Fsp3) is 0.500. The molecule has 0 amide bonds. The molecule has 1 fully saturated rings. The molecule has 2 N–H and O–H groups in total. The second-order valence-corrected chi connectivity index (χ2v) is 2.90.